The lowest BCUT2D eigenvalue weighted by molar-refractivity contribution is 0.0463. The lowest BCUT2D eigenvalue weighted by Crippen LogP contribution is -2.52. The van der Waals surface area contributed by atoms with Crippen LogP contribution in [0.25, 0.3) is 0 Å². The van der Waals surface area contributed by atoms with Gasteiger partial charge in [0.05, 0.1) is 0 Å². The fourth-order valence-electron chi connectivity index (χ4n) is 4.23. The molecule has 4 atom stereocenters. The Hall–Kier alpha value is -0.860. The predicted octanol–water partition coefficient (Wildman–Crippen LogP) is 3.16. The highest BCUT2D eigenvalue weighted by Crippen LogP contribution is 2.41. The topological polar surface area (TPSA) is 6.48 Å². The molecule has 0 radical (unpaired) electrons. The first-order chi connectivity index (χ1) is 9.81. The fraction of sp³-hybridized carbons (Fsp3) is 0.667. The second-order valence-electron chi connectivity index (χ2n) is 7.14. The van der Waals surface area contributed by atoms with Crippen molar-refractivity contribution in [3.63, 3.8) is 0 Å². The van der Waals surface area contributed by atoms with Crippen LogP contribution in [0.2, 0.25) is 0 Å². The Bertz CT molecular complexity index is 458. The van der Waals surface area contributed by atoms with E-state index in [0.717, 1.165) is 17.9 Å². The molecule has 1 saturated carbocycles. The Labute approximate surface area is 122 Å². The zero-order valence-corrected chi connectivity index (χ0v) is 12.5. The third-order valence-electron chi connectivity index (χ3n) is 5.72. The minimum absolute atomic E-state index is 0.623. The second kappa shape index (κ2) is 5.16. The number of nitrogens with zero attached hydrogens (tertiary/aromatic N) is 2. The van der Waals surface area contributed by atoms with Gasteiger partial charge in [-0.25, -0.2) is 0 Å². The molecular formula is C18H26N2. The summed E-state index contributed by atoms with van der Waals surface area (Å²) >= 11 is 0. The first kappa shape index (κ1) is 12.8. The Morgan fingerprint density at radius 2 is 1.95 bits per heavy atom. The smallest absolute Gasteiger partial charge is 0.0476 e. The standard InChI is InChI=1S/C18H26N2/c1-14-10-16(14)11-20-12-17-8-5-9-19(17)13-18(20)15-6-3-2-4-7-15/h2-4,6-7,14,16-18H,5,8-13H2,1H3. The van der Waals surface area contributed by atoms with Crippen molar-refractivity contribution in [3.05, 3.63) is 35.9 Å². The summed E-state index contributed by atoms with van der Waals surface area (Å²) in [5, 5.41) is 0. The highest BCUT2D eigenvalue weighted by Gasteiger charge is 2.41. The maximum atomic E-state index is 2.80. The Balaban J connectivity index is 1.55. The summed E-state index contributed by atoms with van der Waals surface area (Å²) in [6.45, 7) is 7.60. The number of benzene rings is 1. The zero-order valence-electron chi connectivity index (χ0n) is 12.5. The van der Waals surface area contributed by atoms with Crippen LogP contribution in [0.3, 0.4) is 0 Å². The van der Waals surface area contributed by atoms with Gasteiger partial charge in [-0.3, -0.25) is 9.80 Å². The summed E-state index contributed by atoms with van der Waals surface area (Å²) in [7, 11) is 0. The largest absolute Gasteiger partial charge is 0.297 e. The van der Waals surface area contributed by atoms with Crippen LogP contribution < -0.4 is 0 Å². The number of rotatable bonds is 3. The van der Waals surface area contributed by atoms with E-state index in [9.17, 15) is 0 Å². The van der Waals surface area contributed by atoms with Crippen molar-refractivity contribution in [1.29, 1.82) is 0 Å². The summed E-state index contributed by atoms with van der Waals surface area (Å²) in [4.78, 5) is 5.54. The summed E-state index contributed by atoms with van der Waals surface area (Å²) in [6, 6.07) is 12.6. The van der Waals surface area contributed by atoms with Crippen LogP contribution in [0, 0.1) is 11.8 Å². The number of hydrogen-bond donors (Lipinski definition) is 0. The lowest BCUT2D eigenvalue weighted by atomic mass is 9.99. The maximum absolute atomic E-state index is 2.80. The van der Waals surface area contributed by atoms with Crippen molar-refractivity contribution < 1.29 is 0 Å². The first-order valence-corrected chi connectivity index (χ1v) is 8.34. The van der Waals surface area contributed by atoms with E-state index < -0.39 is 0 Å². The molecule has 1 aromatic carbocycles. The molecule has 0 amide bonds. The maximum Gasteiger partial charge on any atom is 0.0476 e. The van der Waals surface area contributed by atoms with Crippen molar-refractivity contribution in [1.82, 2.24) is 9.80 Å². The van der Waals surface area contributed by atoms with Gasteiger partial charge in [0.1, 0.15) is 0 Å². The quantitative estimate of drug-likeness (QED) is 0.832. The van der Waals surface area contributed by atoms with E-state index in [1.807, 2.05) is 0 Å². The van der Waals surface area contributed by atoms with Gasteiger partial charge in [-0.2, -0.15) is 0 Å². The Morgan fingerprint density at radius 1 is 1.15 bits per heavy atom. The molecule has 2 heteroatoms. The van der Waals surface area contributed by atoms with Gasteiger partial charge in [-0.05, 0) is 43.2 Å². The molecule has 3 fully saturated rings. The molecule has 4 unspecified atom stereocenters. The third-order valence-corrected chi connectivity index (χ3v) is 5.72. The lowest BCUT2D eigenvalue weighted by Gasteiger charge is -2.44. The average Bonchev–Trinajstić information content (AvgIpc) is 2.99. The summed E-state index contributed by atoms with van der Waals surface area (Å²) in [6.07, 6.45) is 4.27. The van der Waals surface area contributed by atoms with Crippen LogP contribution in [0.5, 0.6) is 0 Å². The molecule has 0 bridgehead atoms. The van der Waals surface area contributed by atoms with Gasteiger partial charge in [0, 0.05) is 31.7 Å². The van der Waals surface area contributed by atoms with Gasteiger partial charge in [0.2, 0.25) is 0 Å². The van der Waals surface area contributed by atoms with Crippen molar-refractivity contribution >= 4 is 0 Å². The molecule has 2 nitrogen and oxygen atoms in total. The van der Waals surface area contributed by atoms with E-state index in [4.69, 9.17) is 0 Å². The molecule has 1 aromatic rings. The van der Waals surface area contributed by atoms with Gasteiger partial charge in [0.15, 0.2) is 0 Å². The van der Waals surface area contributed by atoms with Crippen LogP contribution >= 0.6 is 0 Å². The molecule has 108 valence electrons. The van der Waals surface area contributed by atoms with Crippen LogP contribution in [-0.2, 0) is 0 Å². The van der Waals surface area contributed by atoms with Crippen LogP contribution in [0.1, 0.15) is 37.8 Å². The van der Waals surface area contributed by atoms with Crippen molar-refractivity contribution in [2.24, 2.45) is 11.8 Å². The molecule has 2 aliphatic heterocycles. The highest BCUT2D eigenvalue weighted by atomic mass is 15.3. The van der Waals surface area contributed by atoms with E-state index in [0.29, 0.717) is 6.04 Å². The second-order valence-corrected chi connectivity index (χ2v) is 7.14. The van der Waals surface area contributed by atoms with Crippen molar-refractivity contribution in [3.8, 4) is 0 Å². The number of piperazine rings is 1. The molecular weight excluding hydrogens is 244 g/mol. The van der Waals surface area contributed by atoms with Gasteiger partial charge in [-0.15, -0.1) is 0 Å². The van der Waals surface area contributed by atoms with E-state index in [-0.39, 0.29) is 0 Å². The molecule has 1 aliphatic carbocycles. The third kappa shape index (κ3) is 2.40. The Morgan fingerprint density at radius 3 is 2.70 bits per heavy atom. The summed E-state index contributed by atoms with van der Waals surface area (Å²) in [5.41, 5.74) is 1.52. The van der Waals surface area contributed by atoms with Crippen molar-refractivity contribution in [2.75, 3.05) is 26.2 Å². The molecule has 2 saturated heterocycles. The van der Waals surface area contributed by atoms with E-state index >= 15 is 0 Å². The average molecular weight is 270 g/mol. The predicted molar refractivity (Wildman–Crippen MR) is 82.6 cm³/mol. The SMILES string of the molecule is CC1CC1CN1CC2CCCN2CC1c1ccccc1. The van der Waals surface area contributed by atoms with E-state index in [1.54, 1.807) is 0 Å². The van der Waals surface area contributed by atoms with Crippen LogP contribution in [0.15, 0.2) is 30.3 Å². The molecule has 4 rings (SSSR count). The van der Waals surface area contributed by atoms with Gasteiger partial charge >= 0.3 is 0 Å². The van der Waals surface area contributed by atoms with Gasteiger partial charge in [0.25, 0.3) is 0 Å². The van der Waals surface area contributed by atoms with Gasteiger partial charge in [-0.1, -0.05) is 37.3 Å². The van der Waals surface area contributed by atoms with Crippen molar-refractivity contribution in [2.45, 2.75) is 38.3 Å². The summed E-state index contributed by atoms with van der Waals surface area (Å²) < 4.78 is 0. The molecule has 0 N–H and O–H groups in total. The monoisotopic (exact) mass is 270 g/mol. The molecule has 0 spiro atoms. The first-order valence-electron chi connectivity index (χ1n) is 8.34. The number of fused-ring (bicyclic) bond motifs is 1. The van der Waals surface area contributed by atoms with E-state index in [2.05, 4.69) is 47.1 Å². The normalized spacial score (nSPS) is 37.9. The number of hydrogen-bond acceptors (Lipinski definition) is 2. The van der Waals surface area contributed by atoms with Crippen LogP contribution in [0.4, 0.5) is 0 Å². The molecule has 0 aromatic heterocycles. The summed E-state index contributed by atoms with van der Waals surface area (Å²) in [5.74, 6) is 1.93. The fourth-order valence-corrected chi connectivity index (χ4v) is 4.23. The molecule has 2 heterocycles. The zero-order chi connectivity index (χ0) is 13.5. The Kier molecular flexibility index (Phi) is 3.31. The van der Waals surface area contributed by atoms with E-state index in [1.165, 1.54) is 51.0 Å². The highest BCUT2D eigenvalue weighted by molar-refractivity contribution is 5.21. The minimum Gasteiger partial charge on any atom is -0.297 e. The van der Waals surface area contributed by atoms with Gasteiger partial charge < -0.3 is 0 Å². The minimum atomic E-state index is 0.623. The molecule has 3 aliphatic rings. The van der Waals surface area contributed by atoms with Crippen LogP contribution in [-0.4, -0.2) is 42.0 Å². The molecule has 20 heavy (non-hydrogen) atoms.